The van der Waals surface area contributed by atoms with Gasteiger partial charge in [-0.2, -0.15) is 0 Å². The van der Waals surface area contributed by atoms with Crippen molar-refractivity contribution < 1.29 is 9.59 Å². The number of halogens is 1. The first-order valence-electron chi connectivity index (χ1n) is 5.35. The van der Waals surface area contributed by atoms with Gasteiger partial charge in [0.1, 0.15) is 5.78 Å². The summed E-state index contributed by atoms with van der Waals surface area (Å²) < 4.78 is 0. The molecule has 0 aromatic carbocycles. The van der Waals surface area contributed by atoms with Crippen LogP contribution in [0.1, 0.15) is 47.2 Å². The fourth-order valence-electron chi connectivity index (χ4n) is 1.41. The third-order valence-corrected chi connectivity index (χ3v) is 3.82. The summed E-state index contributed by atoms with van der Waals surface area (Å²) in [7, 11) is 0. The molecule has 1 rings (SSSR count). The molecule has 0 saturated heterocycles. The fraction of sp³-hybridized carbons (Fsp3) is 0.500. The van der Waals surface area contributed by atoms with Crippen molar-refractivity contribution in [2.75, 3.05) is 0 Å². The van der Waals surface area contributed by atoms with E-state index in [1.165, 1.54) is 11.3 Å². The fourth-order valence-corrected chi connectivity index (χ4v) is 2.73. The number of hydrogen-bond acceptors (Lipinski definition) is 3. The standard InChI is InChI=1S/C12H15ClO2S/c1-3-9(14)5-4-6-11(15)12-10(13)7-8(2)16-12/h7H,3-6H2,1-2H3. The van der Waals surface area contributed by atoms with Crippen LogP contribution in [0.2, 0.25) is 5.02 Å². The van der Waals surface area contributed by atoms with Crippen molar-refractivity contribution in [3.8, 4) is 0 Å². The molecule has 0 atom stereocenters. The van der Waals surface area contributed by atoms with Gasteiger partial charge in [0.05, 0.1) is 9.90 Å². The van der Waals surface area contributed by atoms with Crippen LogP contribution in [-0.2, 0) is 4.79 Å². The average molecular weight is 259 g/mol. The molecule has 0 N–H and O–H groups in total. The second-order valence-electron chi connectivity index (χ2n) is 3.70. The van der Waals surface area contributed by atoms with Gasteiger partial charge in [-0.25, -0.2) is 0 Å². The summed E-state index contributed by atoms with van der Waals surface area (Å²) >= 11 is 7.35. The summed E-state index contributed by atoms with van der Waals surface area (Å²) in [5, 5.41) is 0.536. The van der Waals surface area contributed by atoms with Crippen molar-refractivity contribution in [2.24, 2.45) is 0 Å². The Balaban J connectivity index is 2.47. The van der Waals surface area contributed by atoms with Crippen LogP contribution in [0.25, 0.3) is 0 Å². The molecule has 0 radical (unpaired) electrons. The number of carbonyl (C=O) groups excluding carboxylic acids is 2. The van der Waals surface area contributed by atoms with Crippen molar-refractivity contribution in [1.29, 1.82) is 0 Å². The number of thiophene rings is 1. The third-order valence-electron chi connectivity index (χ3n) is 2.32. The van der Waals surface area contributed by atoms with Crippen molar-refractivity contribution in [2.45, 2.75) is 39.5 Å². The SMILES string of the molecule is CCC(=O)CCCC(=O)c1sc(C)cc1Cl. The molecule has 0 saturated carbocycles. The molecule has 0 spiro atoms. The topological polar surface area (TPSA) is 34.1 Å². The summed E-state index contributed by atoms with van der Waals surface area (Å²) in [5.74, 6) is 0.258. The predicted molar refractivity (Wildman–Crippen MR) is 67.5 cm³/mol. The minimum absolute atomic E-state index is 0.0482. The van der Waals surface area contributed by atoms with Crippen LogP contribution in [0, 0.1) is 6.92 Å². The molecule has 16 heavy (non-hydrogen) atoms. The lowest BCUT2D eigenvalue weighted by atomic mass is 10.1. The van der Waals surface area contributed by atoms with Crippen LogP contribution in [0.4, 0.5) is 0 Å². The normalized spacial score (nSPS) is 10.4. The lowest BCUT2D eigenvalue weighted by molar-refractivity contribution is -0.118. The summed E-state index contributed by atoms with van der Waals surface area (Å²) in [6, 6.07) is 1.80. The third kappa shape index (κ3) is 3.72. The van der Waals surface area contributed by atoms with E-state index < -0.39 is 0 Å². The van der Waals surface area contributed by atoms with Crippen molar-refractivity contribution in [3.63, 3.8) is 0 Å². The minimum Gasteiger partial charge on any atom is -0.300 e. The molecule has 0 aliphatic carbocycles. The quantitative estimate of drug-likeness (QED) is 0.722. The van der Waals surface area contributed by atoms with Gasteiger partial charge in [-0.05, 0) is 19.4 Å². The zero-order valence-corrected chi connectivity index (χ0v) is 11.1. The Morgan fingerprint density at radius 3 is 2.56 bits per heavy atom. The maximum atomic E-state index is 11.8. The van der Waals surface area contributed by atoms with Crippen LogP contribution in [0.15, 0.2) is 6.07 Å². The highest BCUT2D eigenvalue weighted by atomic mass is 35.5. The zero-order chi connectivity index (χ0) is 12.1. The Morgan fingerprint density at radius 1 is 1.38 bits per heavy atom. The molecule has 1 heterocycles. The zero-order valence-electron chi connectivity index (χ0n) is 9.51. The lowest BCUT2D eigenvalue weighted by Crippen LogP contribution is -2.00. The largest absolute Gasteiger partial charge is 0.300 e. The highest BCUT2D eigenvalue weighted by Gasteiger charge is 2.13. The average Bonchev–Trinajstić information content (AvgIpc) is 2.57. The van der Waals surface area contributed by atoms with E-state index in [4.69, 9.17) is 11.6 Å². The van der Waals surface area contributed by atoms with E-state index >= 15 is 0 Å². The Bertz CT molecular complexity index is 396. The number of aryl methyl sites for hydroxylation is 1. The highest BCUT2D eigenvalue weighted by Crippen LogP contribution is 2.27. The molecule has 4 heteroatoms. The lowest BCUT2D eigenvalue weighted by Gasteiger charge is -1.98. The maximum Gasteiger partial charge on any atom is 0.174 e. The number of Topliss-reactive ketones (excluding diaryl/α,β-unsaturated/α-hetero) is 2. The first-order chi connectivity index (χ1) is 7.54. The van der Waals surface area contributed by atoms with Gasteiger partial charge in [0.25, 0.3) is 0 Å². The molecule has 88 valence electrons. The molecule has 0 aliphatic rings. The van der Waals surface area contributed by atoms with Crippen LogP contribution < -0.4 is 0 Å². The van der Waals surface area contributed by atoms with Gasteiger partial charge in [0.15, 0.2) is 5.78 Å². The summed E-state index contributed by atoms with van der Waals surface area (Å²) in [6.07, 6.45) is 2.07. The van der Waals surface area contributed by atoms with Crippen molar-refractivity contribution >= 4 is 34.5 Å². The molecule has 0 fully saturated rings. The molecular weight excluding hydrogens is 244 g/mol. The van der Waals surface area contributed by atoms with Gasteiger partial charge in [-0.15, -0.1) is 11.3 Å². The first-order valence-corrected chi connectivity index (χ1v) is 6.55. The van der Waals surface area contributed by atoms with Gasteiger partial charge >= 0.3 is 0 Å². The Hall–Kier alpha value is -0.670. The van der Waals surface area contributed by atoms with E-state index in [0.717, 1.165) is 4.88 Å². The van der Waals surface area contributed by atoms with E-state index in [-0.39, 0.29) is 11.6 Å². The van der Waals surface area contributed by atoms with Crippen LogP contribution in [0.3, 0.4) is 0 Å². The predicted octanol–water partition coefficient (Wildman–Crippen LogP) is 4.04. The molecular formula is C12H15ClO2S. The van der Waals surface area contributed by atoms with E-state index in [9.17, 15) is 9.59 Å². The van der Waals surface area contributed by atoms with Crippen molar-refractivity contribution in [3.05, 3.63) is 20.8 Å². The van der Waals surface area contributed by atoms with Gasteiger partial charge < -0.3 is 0 Å². The van der Waals surface area contributed by atoms with Gasteiger partial charge in [-0.3, -0.25) is 9.59 Å². The second-order valence-corrected chi connectivity index (χ2v) is 5.37. The maximum absolute atomic E-state index is 11.8. The monoisotopic (exact) mass is 258 g/mol. The minimum atomic E-state index is 0.0482. The number of ketones is 2. The smallest absolute Gasteiger partial charge is 0.174 e. The Morgan fingerprint density at radius 2 is 2.06 bits per heavy atom. The van der Waals surface area contributed by atoms with Crippen molar-refractivity contribution in [1.82, 2.24) is 0 Å². The van der Waals surface area contributed by atoms with Gasteiger partial charge in [0, 0.05) is 24.1 Å². The van der Waals surface area contributed by atoms with E-state index in [1.807, 2.05) is 13.8 Å². The summed E-state index contributed by atoms with van der Waals surface area (Å²) in [4.78, 5) is 24.5. The number of carbonyl (C=O) groups is 2. The second kappa shape index (κ2) is 6.16. The van der Waals surface area contributed by atoms with Crippen LogP contribution in [0.5, 0.6) is 0 Å². The summed E-state index contributed by atoms with van der Waals surface area (Å²) in [5.41, 5.74) is 0. The Kier molecular flexibility index (Phi) is 5.16. The number of hydrogen-bond donors (Lipinski definition) is 0. The van der Waals surface area contributed by atoms with Gasteiger partial charge in [-0.1, -0.05) is 18.5 Å². The van der Waals surface area contributed by atoms with Crippen LogP contribution in [-0.4, -0.2) is 11.6 Å². The van der Waals surface area contributed by atoms with E-state index in [1.54, 1.807) is 6.07 Å². The molecule has 0 unspecified atom stereocenters. The van der Waals surface area contributed by atoms with E-state index in [0.29, 0.717) is 35.6 Å². The molecule has 0 bridgehead atoms. The highest BCUT2D eigenvalue weighted by molar-refractivity contribution is 7.14. The molecule has 1 aromatic heterocycles. The molecule has 0 aliphatic heterocycles. The van der Waals surface area contributed by atoms with Crippen LogP contribution >= 0.6 is 22.9 Å². The van der Waals surface area contributed by atoms with Gasteiger partial charge in [0.2, 0.25) is 0 Å². The first kappa shape index (κ1) is 13.4. The molecule has 1 aromatic rings. The number of rotatable bonds is 6. The molecule has 2 nitrogen and oxygen atoms in total. The molecule has 0 amide bonds. The Labute approximate surface area is 105 Å². The van der Waals surface area contributed by atoms with E-state index in [2.05, 4.69) is 0 Å². The summed E-state index contributed by atoms with van der Waals surface area (Å²) in [6.45, 7) is 3.76.